The molecule has 0 aliphatic heterocycles. The molecule has 4 N–H and O–H groups in total. The summed E-state index contributed by atoms with van der Waals surface area (Å²) in [6.45, 7) is 5.81. The summed E-state index contributed by atoms with van der Waals surface area (Å²) in [5, 5.41) is 40.9. The van der Waals surface area contributed by atoms with Crippen molar-refractivity contribution in [2.45, 2.75) is 57.8 Å². The maximum absolute atomic E-state index is 11.2. The minimum atomic E-state index is -1.39. The molecular formula is C15H24O5. The first-order valence-corrected chi connectivity index (χ1v) is 7.17. The smallest absolute Gasteiger partial charge is 0.333 e. The lowest BCUT2D eigenvalue weighted by molar-refractivity contribution is -0.158. The summed E-state index contributed by atoms with van der Waals surface area (Å²) in [4.78, 5) is 11.2. The molecule has 0 spiro atoms. The van der Waals surface area contributed by atoms with Crippen LogP contribution in [0.15, 0.2) is 11.6 Å². The van der Waals surface area contributed by atoms with Crippen molar-refractivity contribution >= 4 is 5.97 Å². The second-order valence-electron chi connectivity index (χ2n) is 6.87. The van der Waals surface area contributed by atoms with Gasteiger partial charge in [0, 0.05) is 5.41 Å². The van der Waals surface area contributed by atoms with E-state index in [1.54, 1.807) is 0 Å². The van der Waals surface area contributed by atoms with E-state index < -0.39 is 29.2 Å². The first-order valence-electron chi connectivity index (χ1n) is 7.17. The summed E-state index contributed by atoms with van der Waals surface area (Å²) in [5.41, 5.74) is -2.29. The maximum Gasteiger partial charge on any atom is 0.333 e. The Morgan fingerprint density at radius 1 is 1.40 bits per heavy atom. The third-order valence-electron chi connectivity index (χ3n) is 5.38. The molecule has 0 heterocycles. The van der Waals surface area contributed by atoms with Crippen LogP contribution in [0, 0.1) is 17.3 Å². The molecule has 0 aromatic heterocycles. The maximum atomic E-state index is 11.2. The van der Waals surface area contributed by atoms with E-state index in [2.05, 4.69) is 0 Å². The molecule has 0 saturated heterocycles. The standard InChI is InChI=1S/C15H24O5/c1-8(2)10-4-5-14(3)7-11(16)9(13(18)19)6-12(17)15(10,14)20/h6,8,10-12,16-17,20H,4-5,7H2,1-3H3,(H,18,19)/t10-,11+,12+,14-,15+/m1/s1. The lowest BCUT2D eigenvalue weighted by Crippen LogP contribution is -2.56. The zero-order chi connectivity index (χ0) is 15.3. The molecule has 0 aromatic carbocycles. The van der Waals surface area contributed by atoms with Crippen LogP contribution in [0.3, 0.4) is 0 Å². The van der Waals surface area contributed by atoms with E-state index in [0.29, 0.717) is 6.42 Å². The normalized spacial score (nSPS) is 45.0. The van der Waals surface area contributed by atoms with Crippen molar-refractivity contribution < 1.29 is 25.2 Å². The molecule has 5 atom stereocenters. The lowest BCUT2D eigenvalue weighted by atomic mass is 9.66. The number of hydrogen-bond donors (Lipinski definition) is 4. The summed E-state index contributed by atoms with van der Waals surface area (Å²) in [7, 11) is 0. The highest BCUT2D eigenvalue weighted by Gasteiger charge is 2.62. The van der Waals surface area contributed by atoms with Gasteiger partial charge in [0.25, 0.3) is 0 Å². The average Bonchev–Trinajstić information content (AvgIpc) is 2.55. The van der Waals surface area contributed by atoms with E-state index in [4.69, 9.17) is 5.11 Å². The van der Waals surface area contributed by atoms with Gasteiger partial charge < -0.3 is 20.4 Å². The zero-order valence-corrected chi connectivity index (χ0v) is 12.2. The predicted molar refractivity (Wildman–Crippen MR) is 73.0 cm³/mol. The number of hydrogen-bond acceptors (Lipinski definition) is 4. The van der Waals surface area contributed by atoms with Crippen LogP contribution in [0.4, 0.5) is 0 Å². The van der Waals surface area contributed by atoms with Crippen molar-refractivity contribution in [3.8, 4) is 0 Å². The van der Waals surface area contributed by atoms with Gasteiger partial charge in [0.15, 0.2) is 0 Å². The second-order valence-corrected chi connectivity index (χ2v) is 6.87. The fraction of sp³-hybridized carbons (Fsp3) is 0.800. The largest absolute Gasteiger partial charge is 0.478 e. The molecule has 0 aromatic rings. The van der Waals surface area contributed by atoms with Crippen LogP contribution in [0.2, 0.25) is 0 Å². The number of aliphatic hydroxyl groups is 3. The second kappa shape index (κ2) is 4.83. The van der Waals surface area contributed by atoms with E-state index >= 15 is 0 Å². The Morgan fingerprint density at radius 2 is 2.00 bits per heavy atom. The SMILES string of the molecule is CC(C)[C@H]1CC[C@]2(C)C[C@H](O)C(C(=O)O)=C[C@H](O)[C@@]12O. The molecule has 0 unspecified atom stereocenters. The van der Waals surface area contributed by atoms with Gasteiger partial charge in [0.05, 0.1) is 11.7 Å². The van der Waals surface area contributed by atoms with Crippen LogP contribution in [0.1, 0.15) is 40.0 Å². The average molecular weight is 284 g/mol. The summed E-state index contributed by atoms with van der Waals surface area (Å²) < 4.78 is 0. The Bertz CT molecular complexity index is 444. The molecule has 114 valence electrons. The number of carboxylic acid groups (broad SMARTS) is 1. The Morgan fingerprint density at radius 3 is 2.50 bits per heavy atom. The molecule has 2 aliphatic rings. The third kappa shape index (κ3) is 2.00. The quantitative estimate of drug-likeness (QED) is 0.604. The first kappa shape index (κ1) is 15.5. The molecule has 0 amide bonds. The molecule has 1 saturated carbocycles. The highest BCUT2D eigenvalue weighted by Crippen LogP contribution is 2.58. The minimum absolute atomic E-state index is 0.112. The number of aliphatic hydroxyl groups excluding tert-OH is 2. The van der Waals surface area contributed by atoms with Gasteiger partial charge in [-0.3, -0.25) is 0 Å². The predicted octanol–water partition coefficient (Wildman–Crippen LogP) is 0.926. The van der Waals surface area contributed by atoms with Crippen molar-refractivity contribution in [1.29, 1.82) is 0 Å². The molecular weight excluding hydrogens is 260 g/mol. The molecule has 5 nitrogen and oxygen atoms in total. The molecule has 5 heteroatoms. The van der Waals surface area contributed by atoms with Gasteiger partial charge in [-0.15, -0.1) is 0 Å². The van der Waals surface area contributed by atoms with Gasteiger partial charge in [-0.05, 0) is 37.2 Å². The third-order valence-corrected chi connectivity index (χ3v) is 5.38. The monoisotopic (exact) mass is 284 g/mol. The molecule has 2 aliphatic carbocycles. The van der Waals surface area contributed by atoms with Gasteiger partial charge in [-0.2, -0.15) is 0 Å². The summed E-state index contributed by atoms with van der Waals surface area (Å²) in [5.74, 6) is -1.18. The van der Waals surface area contributed by atoms with E-state index in [1.807, 2.05) is 20.8 Å². The van der Waals surface area contributed by atoms with Gasteiger partial charge in [-0.25, -0.2) is 4.79 Å². The van der Waals surface area contributed by atoms with Crippen molar-refractivity contribution in [2.75, 3.05) is 0 Å². The van der Waals surface area contributed by atoms with Gasteiger partial charge >= 0.3 is 5.97 Å². The van der Waals surface area contributed by atoms with Crippen LogP contribution >= 0.6 is 0 Å². The molecule has 0 radical (unpaired) electrons. The molecule has 20 heavy (non-hydrogen) atoms. The first-order chi connectivity index (χ1) is 9.13. The van der Waals surface area contributed by atoms with Crippen molar-refractivity contribution in [3.63, 3.8) is 0 Å². The van der Waals surface area contributed by atoms with Crippen molar-refractivity contribution in [2.24, 2.45) is 17.3 Å². The Labute approximate surface area is 118 Å². The van der Waals surface area contributed by atoms with E-state index in [9.17, 15) is 20.1 Å². The molecule has 1 fully saturated rings. The van der Waals surface area contributed by atoms with E-state index in [-0.39, 0.29) is 23.8 Å². The number of carboxylic acids is 1. The molecule has 0 bridgehead atoms. The van der Waals surface area contributed by atoms with Crippen LogP contribution < -0.4 is 0 Å². The van der Waals surface area contributed by atoms with Crippen LogP contribution in [-0.4, -0.2) is 44.2 Å². The zero-order valence-electron chi connectivity index (χ0n) is 12.2. The van der Waals surface area contributed by atoms with E-state index in [1.165, 1.54) is 0 Å². The number of aliphatic carboxylic acids is 1. The van der Waals surface area contributed by atoms with E-state index in [0.717, 1.165) is 12.5 Å². The highest BCUT2D eigenvalue weighted by atomic mass is 16.4. The van der Waals surface area contributed by atoms with Gasteiger partial charge in [0.2, 0.25) is 0 Å². The Balaban J connectivity index is 2.51. The number of carbonyl (C=O) groups is 1. The Hall–Kier alpha value is -0.910. The summed E-state index contributed by atoms with van der Waals surface area (Å²) >= 11 is 0. The van der Waals surface area contributed by atoms with Crippen molar-refractivity contribution in [1.82, 2.24) is 0 Å². The molecule has 2 rings (SSSR count). The fourth-order valence-electron chi connectivity index (χ4n) is 4.18. The topological polar surface area (TPSA) is 98.0 Å². The van der Waals surface area contributed by atoms with Crippen LogP contribution in [0.25, 0.3) is 0 Å². The fourth-order valence-corrected chi connectivity index (χ4v) is 4.18. The summed E-state index contributed by atoms with van der Waals surface area (Å²) in [6.07, 6.45) is 0.282. The van der Waals surface area contributed by atoms with Gasteiger partial charge in [-0.1, -0.05) is 20.8 Å². The number of rotatable bonds is 2. The Kier molecular flexibility index (Phi) is 3.73. The van der Waals surface area contributed by atoms with Crippen molar-refractivity contribution in [3.05, 3.63) is 11.6 Å². The van der Waals surface area contributed by atoms with Crippen LogP contribution in [0.5, 0.6) is 0 Å². The number of fused-ring (bicyclic) bond motifs is 1. The lowest BCUT2D eigenvalue weighted by Gasteiger charge is -2.45. The van der Waals surface area contributed by atoms with Crippen LogP contribution in [-0.2, 0) is 4.79 Å². The highest BCUT2D eigenvalue weighted by molar-refractivity contribution is 5.88. The minimum Gasteiger partial charge on any atom is -0.478 e. The van der Waals surface area contributed by atoms with Gasteiger partial charge in [0.1, 0.15) is 11.7 Å². The summed E-state index contributed by atoms with van der Waals surface area (Å²) in [6, 6.07) is 0.